The SMILES string of the molecule is NCCc1noc(CC2CCNC2)n1. The highest BCUT2D eigenvalue weighted by atomic mass is 16.5. The zero-order chi connectivity index (χ0) is 9.80. The first-order valence-corrected chi connectivity index (χ1v) is 5.10. The predicted octanol–water partition coefficient (Wildman–Crippen LogP) is -0.277. The highest BCUT2D eigenvalue weighted by Crippen LogP contribution is 2.13. The molecule has 1 aromatic heterocycles. The quantitative estimate of drug-likeness (QED) is 0.692. The molecule has 0 aliphatic carbocycles. The smallest absolute Gasteiger partial charge is 0.226 e. The summed E-state index contributed by atoms with van der Waals surface area (Å²) >= 11 is 0. The molecular formula is C9H16N4O. The van der Waals surface area contributed by atoms with E-state index in [0.717, 1.165) is 31.2 Å². The van der Waals surface area contributed by atoms with E-state index < -0.39 is 0 Å². The van der Waals surface area contributed by atoms with Crippen molar-refractivity contribution < 1.29 is 4.52 Å². The Bertz CT molecular complexity index is 280. The van der Waals surface area contributed by atoms with Gasteiger partial charge in [0.25, 0.3) is 0 Å². The molecule has 0 radical (unpaired) electrons. The van der Waals surface area contributed by atoms with Crippen molar-refractivity contribution in [2.24, 2.45) is 11.7 Å². The third kappa shape index (κ3) is 2.30. The van der Waals surface area contributed by atoms with E-state index in [0.29, 0.717) is 18.9 Å². The van der Waals surface area contributed by atoms with Crippen molar-refractivity contribution in [2.75, 3.05) is 19.6 Å². The van der Waals surface area contributed by atoms with Crippen molar-refractivity contribution in [3.8, 4) is 0 Å². The summed E-state index contributed by atoms with van der Waals surface area (Å²) < 4.78 is 5.13. The molecule has 1 aromatic rings. The standard InChI is InChI=1S/C9H16N4O/c10-3-1-8-12-9(14-13-8)5-7-2-4-11-6-7/h7,11H,1-6,10H2. The van der Waals surface area contributed by atoms with Crippen LogP contribution in [0, 0.1) is 5.92 Å². The summed E-state index contributed by atoms with van der Waals surface area (Å²) in [4.78, 5) is 4.28. The molecule has 0 bridgehead atoms. The Hall–Kier alpha value is -0.940. The Balaban J connectivity index is 1.88. The number of nitrogens with zero attached hydrogens (tertiary/aromatic N) is 2. The van der Waals surface area contributed by atoms with Crippen molar-refractivity contribution in [2.45, 2.75) is 19.3 Å². The predicted molar refractivity (Wildman–Crippen MR) is 51.7 cm³/mol. The van der Waals surface area contributed by atoms with Gasteiger partial charge in [-0.25, -0.2) is 0 Å². The maximum absolute atomic E-state index is 5.40. The molecule has 2 rings (SSSR count). The molecule has 5 heteroatoms. The summed E-state index contributed by atoms with van der Waals surface area (Å²) in [6, 6.07) is 0. The van der Waals surface area contributed by atoms with Crippen molar-refractivity contribution >= 4 is 0 Å². The van der Waals surface area contributed by atoms with Gasteiger partial charge < -0.3 is 15.6 Å². The fourth-order valence-corrected chi connectivity index (χ4v) is 1.74. The lowest BCUT2D eigenvalue weighted by atomic mass is 10.1. The Kier molecular flexibility index (Phi) is 3.10. The molecule has 0 saturated carbocycles. The minimum absolute atomic E-state index is 0.573. The Morgan fingerprint density at radius 1 is 1.57 bits per heavy atom. The minimum atomic E-state index is 0.573. The maximum atomic E-state index is 5.40. The van der Waals surface area contributed by atoms with Crippen LogP contribution in [0.2, 0.25) is 0 Å². The zero-order valence-corrected chi connectivity index (χ0v) is 8.20. The van der Waals surface area contributed by atoms with Crippen LogP contribution in [0.4, 0.5) is 0 Å². The molecule has 3 N–H and O–H groups in total. The molecule has 5 nitrogen and oxygen atoms in total. The van der Waals surface area contributed by atoms with E-state index in [2.05, 4.69) is 15.5 Å². The summed E-state index contributed by atoms with van der Waals surface area (Å²) in [5.41, 5.74) is 5.40. The molecule has 14 heavy (non-hydrogen) atoms. The average Bonchev–Trinajstić information content (AvgIpc) is 2.79. The fourth-order valence-electron chi connectivity index (χ4n) is 1.74. The normalized spacial score (nSPS) is 21.6. The largest absolute Gasteiger partial charge is 0.339 e. The topological polar surface area (TPSA) is 77.0 Å². The number of nitrogens with one attached hydrogen (secondary N) is 1. The lowest BCUT2D eigenvalue weighted by molar-refractivity contribution is 0.353. The lowest BCUT2D eigenvalue weighted by Crippen LogP contribution is -2.11. The van der Waals surface area contributed by atoms with Gasteiger partial charge in [-0.3, -0.25) is 0 Å². The van der Waals surface area contributed by atoms with E-state index in [4.69, 9.17) is 10.3 Å². The second-order valence-electron chi connectivity index (χ2n) is 3.71. The van der Waals surface area contributed by atoms with Crippen molar-refractivity contribution in [1.82, 2.24) is 15.5 Å². The fraction of sp³-hybridized carbons (Fsp3) is 0.778. The van der Waals surface area contributed by atoms with Gasteiger partial charge in [0.2, 0.25) is 5.89 Å². The van der Waals surface area contributed by atoms with Gasteiger partial charge in [0.15, 0.2) is 5.82 Å². The van der Waals surface area contributed by atoms with Crippen LogP contribution in [-0.4, -0.2) is 29.8 Å². The first-order chi connectivity index (χ1) is 6.88. The Labute approximate surface area is 83.1 Å². The highest BCUT2D eigenvalue weighted by Gasteiger charge is 2.18. The van der Waals surface area contributed by atoms with Gasteiger partial charge in [-0.05, 0) is 32.0 Å². The summed E-state index contributed by atoms with van der Waals surface area (Å²) in [5.74, 6) is 2.14. The number of hydrogen-bond acceptors (Lipinski definition) is 5. The number of nitrogens with two attached hydrogens (primary N) is 1. The molecule has 1 saturated heterocycles. The molecule has 1 unspecified atom stereocenters. The number of rotatable bonds is 4. The number of hydrogen-bond donors (Lipinski definition) is 2. The summed E-state index contributed by atoms with van der Waals surface area (Å²) in [6.07, 6.45) is 2.80. The van der Waals surface area contributed by atoms with Crippen LogP contribution < -0.4 is 11.1 Å². The van der Waals surface area contributed by atoms with Crippen molar-refractivity contribution in [3.05, 3.63) is 11.7 Å². The molecule has 78 valence electrons. The third-order valence-electron chi connectivity index (χ3n) is 2.50. The van der Waals surface area contributed by atoms with Gasteiger partial charge in [-0.15, -0.1) is 0 Å². The summed E-state index contributed by atoms with van der Waals surface area (Å²) in [6.45, 7) is 2.74. The van der Waals surface area contributed by atoms with Crippen molar-refractivity contribution in [1.29, 1.82) is 0 Å². The van der Waals surface area contributed by atoms with Crippen LogP contribution in [0.3, 0.4) is 0 Å². The van der Waals surface area contributed by atoms with E-state index in [9.17, 15) is 0 Å². The van der Waals surface area contributed by atoms with Gasteiger partial charge in [0.1, 0.15) is 0 Å². The van der Waals surface area contributed by atoms with Gasteiger partial charge in [-0.1, -0.05) is 5.16 Å². The average molecular weight is 196 g/mol. The molecule has 0 amide bonds. The first-order valence-electron chi connectivity index (χ1n) is 5.10. The third-order valence-corrected chi connectivity index (χ3v) is 2.50. The van der Waals surface area contributed by atoms with Crippen LogP contribution in [0.1, 0.15) is 18.1 Å². The number of aromatic nitrogens is 2. The van der Waals surface area contributed by atoms with E-state index in [-0.39, 0.29) is 0 Å². The van der Waals surface area contributed by atoms with Crippen LogP contribution in [0.25, 0.3) is 0 Å². The Morgan fingerprint density at radius 2 is 2.50 bits per heavy atom. The van der Waals surface area contributed by atoms with E-state index in [1.54, 1.807) is 0 Å². The Morgan fingerprint density at radius 3 is 3.21 bits per heavy atom. The summed E-state index contributed by atoms with van der Waals surface area (Å²) in [7, 11) is 0. The van der Waals surface area contributed by atoms with Gasteiger partial charge in [0, 0.05) is 12.8 Å². The van der Waals surface area contributed by atoms with Crippen LogP contribution >= 0.6 is 0 Å². The van der Waals surface area contributed by atoms with E-state index in [1.165, 1.54) is 6.42 Å². The molecule has 1 aliphatic heterocycles. The maximum Gasteiger partial charge on any atom is 0.226 e. The van der Waals surface area contributed by atoms with Crippen LogP contribution in [-0.2, 0) is 12.8 Å². The van der Waals surface area contributed by atoms with Gasteiger partial charge in [0.05, 0.1) is 0 Å². The molecule has 0 aromatic carbocycles. The summed E-state index contributed by atoms with van der Waals surface area (Å²) in [5, 5.41) is 7.18. The second kappa shape index (κ2) is 4.52. The highest BCUT2D eigenvalue weighted by molar-refractivity contribution is 4.90. The van der Waals surface area contributed by atoms with Gasteiger partial charge >= 0.3 is 0 Å². The minimum Gasteiger partial charge on any atom is -0.339 e. The van der Waals surface area contributed by atoms with E-state index in [1.807, 2.05) is 0 Å². The molecule has 1 aliphatic rings. The molecule has 1 fully saturated rings. The van der Waals surface area contributed by atoms with E-state index >= 15 is 0 Å². The zero-order valence-electron chi connectivity index (χ0n) is 8.20. The molecule has 1 atom stereocenters. The molecule has 2 heterocycles. The van der Waals surface area contributed by atoms with Crippen LogP contribution in [0.15, 0.2) is 4.52 Å². The lowest BCUT2D eigenvalue weighted by Gasteiger charge is -2.01. The second-order valence-corrected chi connectivity index (χ2v) is 3.71. The van der Waals surface area contributed by atoms with Crippen molar-refractivity contribution in [3.63, 3.8) is 0 Å². The van der Waals surface area contributed by atoms with Gasteiger partial charge in [-0.2, -0.15) is 4.98 Å². The monoisotopic (exact) mass is 196 g/mol. The first kappa shape index (κ1) is 9.61. The van der Waals surface area contributed by atoms with Crippen LogP contribution in [0.5, 0.6) is 0 Å². The molecular weight excluding hydrogens is 180 g/mol. The molecule has 0 spiro atoms.